The smallest absolute Gasteiger partial charge is 0.182 e. The lowest BCUT2D eigenvalue weighted by molar-refractivity contribution is 1.05. The van der Waals surface area contributed by atoms with E-state index in [2.05, 4.69) is 27.1 Å². The van der Waals surface area contributed by atoms with Gasteiger partial charge in [0.1, 0.15) is 6.07 Å². The molecule has 0 aliphatic rings. The highest BCUT2D eigenvalue weighted by molar-refractivity contribution is 5.46. The predicted octanol–water partition coefficient (Wildman–Crippen LogP) is 1.17. The second kappa shape index (κ2) is 5.55. The van der Waals surface area contributed by atoms with E-state index in [1.807, 2.05) is 6.07 Å². The molecule has 0 atom stereocenters. The van der Waals surface area contributed by atoms with E-state index in [0.717, 1.165) is 6.42 Å². The van der Waals surface area contributed by atoms with Crippen molar-refractivity contribution in [3.63, 3.8) is 0 Å². The van der Waals surface area contributed by atoms with Crippen molar-refractivity contribution in [1.82, 2.24) is 9.97 Å². The van der Waals surface area contributed by atoms with Crippen LogP contribution < -0.4 is 5.32 Å². The topological polar surface area (TPSA) is 61.6 Å². The zero-order valence-corrected chi connectivity index (χ0v) is 7.91. The maximum Gasteiger partial charge on any atom is 0.182 e. The number of rotatable bonds is 3. The Morgan fingerprint density at radius 1 is 1.43 bits per heavy atom. The Balaban J connectivity index is 2.57. The second-order valence-electron chi connectivity index (χ2n) is 2.47. The summed E-state index contributed by atoms with van der Waals surface area (Å²) in [6, 6.07) is 1.96. The van der Waals surface area contributed by atoms with E-state index in [-0.39, 0.29) is 0 Å². The molecule has 1 aromatic rings. The van der Waals surface area contributed by atoms with Crippen LogP contribution in [0.25, 0.3) is 0 Å². The van der Waals surface area contributed by atoms with Crippen LogP contribution in [0.3, 0.4) is 0 Å². The van der Waals surface area contributed by atoms with Crippen LogP contribution in [0.2, 0.25) is 0 Å². The third-order valence-electron chi connectivity index (χ3n) is 1.52. The van der Waals surface area contributed by atoms with Gasteiger partial charge in [-0.05, 0) is 6.92 Å². The molecule has 0 aromatic carbocycles. The lowest BCUT2D eigenvalue weighted by Gasteiger charge is -2.02. The van der Waals surface area contributed by atoms with Crippen molar-refractivity contribution in [2.75, 3.05) is 11.9 Å². The molecular weight excluding hydrogens is 176 g/mol. The molecule has 0 spiro atoms. The van der Waals surface area contributed by atoms with Gasteiger partial charge in [-0.1, -0.05) is 0 Å². The molecule has 0 radical (unpaired) electrons. The molecule has 0 amide bonds. The molecule has 0 fully saturated rings. The highest BCUT2D eigenvalue weighted by atomic mass is 15.0. The van der Waals surface area contributed by atoms with Gasteiger partial charge < -0.3 is 5.32 Å². The summed E-state index contributed by atoms with van der Waals surface area (Å²) in [4.78, 5) is 7.88. The Morgan fingerprint density at radius 3 is 2.93 bits per heavy atom. The molecule has 70 valence electrons. The van der Waals surface area contributed by atoms with Crippen LogP contribution in [0.4, 0.5) is 5.82 Å². The zero-order valence-electron chi connectivity index (χ0n) is 7.91. The van der Waals surface area contributed by atoms with Crippen LogP contribution in [0, 0.1) is 23.2 Å². The molecule has 0 aliphatic carbocycles. The summed E-state index contributed by atoms with van der Waals surface area (Å²) in [6.07, 6.45) is 3.78. The maximum atomic E-state index is 8.70. The first-order valence-electron chi connectivity index (χ1n) is 4.23. The van der Waals surface area contributed by atoms with E-state index in [1.54, 1.807) is 13.1 Å². The quantitative estimate of drug-likeness (QED) is 0.568. The third-order valence-corrected chi connectivity index (χ3v) is 1.52. The highest BCUT2D eigenvalue weighted by Crippen LogP contribution is 2.05. The number of anilines is 1. The average Bonchev–Trinajstić information content (AvgIpc) is 2.25. The third kappa shape index (κ3) is 2.76. The van der Waals surface area contributed by atoms with Crippen molar-refractivity contribution in [3.8, 4) is 17.9 Å². The first-order valence-corrected chi connectivity index (χ1v) is 4.23. The fourth-order valence-electron chi connectivity index (χ4n) is 0.918. The SMILES string of the molecule is CC#CCCNc1nccnc1C#N. The van der Waals surface area contributed by atoms with Gasteiger partial charge in [0.2, 0.25) is 0 Å². The first kappa shape index (κ1) is 10.0. The summed E-state index contributed by atoms with van der Waals surface area (Å²) in [7, 11) is 0. The Morgan fingerprint density at radius 2 is 2.21 bits per heavy atom. The van der Waals surface area contributed by atoms with Gasteiger partial charge in [-0.2, -0.15) is 5.26 Å². The fourth-order valence-corrected chi connectivity index (χ4v) is 0.918. The number of aromatic nitrogens is 2. The Bertz CT molecular complexity index is 395. The fraction of sp³-hybridized carbons (Fsp3) is 0.300. The molecule has 0 saturated carbocycles. The standard InChI is InChI=1S/C10H10N4/c1-2-3-4-5-13-10-9(8-11)12-6-7-14-10/h6-7H,4-5H2,1H3,(H,13,14). The molecule has 0 unspecified atom stereocenters. The van der Waals surface area contributed by atoms with Gasteiger partial charge in [-0.3, -0.25) is 0 Å². The normalized spacial score (nSPS) is 8.29. The summed E-state index contributed by atoms with van der Waals surface area (Å²) in [6.45, 7) is 2.47. The first-order chi connectivity index (χ1) is 6.88. The van der Waals surface area contributed by atoms with Crippen LogP contribution in [0.1, 0.15) is 19.0 Å². The second-order valence-corrected chi connectivity index (χ2v) is 2.47. The average molecular weight is 186 g/mol. The monoisotopic (exact) mass is 186 g/mol. The molecule has 1 rings (SSSR count). The lowest BCUT2D eigenvalue weighted by atomic mass is 10.4. The largest absolute Gasteiger partial charge is 0.367 e. The number of hydrogen-bond acceptors (Lipinski definition) is 4. The van der Waals surface area contributed by atoms with Gasteiger partial charge in [0.15, 0.2) is 11.5 Å². The van der Waals surface area contributed by atoms with Gasteiger partial charge >= 0.3 is 0 Å². The summed E-state index contributed by atoms with van der Waals surface area (Å²) >= 11 is 0. The summed E-state index contributed by atoms with van der Waals surface area (Å²) < 4.78 is 0. The molecule has 0 saturated heterocycles. The summed E-state index contributed by atoms with van der Waals surface area (Å²) in [5.41, 5.74) is 0.317. The number of nitrogens with one attached hydrogen (secondary N) is 1. The van der Waals surface area contributed by atoms with Crippen molar-refractivity contribution in [3.05, 3.63) is 18.1 Å². The molecule has 4 nitrogen and oxygen atoms in total. The van der Waals surface area contributed by atoms with Gasteiger partial charge in [-0.25, -0.2) is 9.97 Å². The lowest BCUT2D eigenvalue weighted by Crippen LogP contribution is -2.05. The van der Waals surface area contributed by atoms with Crippen molar-refractivity contribution < 1.29 is 0 Å². The van der Waals surface area contributed by atoms with Crippen molar-refractivity contribution >= 4 is 5.82 Å². The van der Waals surface area contributed by atoms with Gasteiger partial charge in [-0.15, -0.1) is 11.8 Å². The molecule has 1 aromatic heterocycles. The number of nitrogens with zero attached hydrogens (tertiary/aromatic N) is 3. The van der Waals surface area contributed by atoms with Gasteiger partial charge in [0.25, 0.3) is 0 Å². The van der Waals surface area contributed by atoms with Crippen LogP contribution in [-0.4, -0.2) is 16.5 Å². The molecule has 4 heteroatoms. The van der Waals surface area contributed by atoms with E-state index in [4.69, 9.17) is 5.26 Å². The van der Waals surface area contributed by atoms with E-state index in [9.17, 15) is 0 Å². The van der Waals surface area contributed by atoms with Crippen LogP contribution in [-0.2, 0) is 0 Å². The molecular formula is C10H10N4. The van der Waals surface area contributed by atoms with Crippen molar-refractivity contribution in [2.24, 2.45) is 0 Å². The minimum Gasteiger partial charge on any atom is -0.367 e. The Hall–Kier alpha value is -2.07. The summed E-state index contributed by atoms with van der Waals surface area (Å²) in [5, 5.41) is 11.7. The van der Waals surface area contributed by atoms with E-state index in [1.165, 1.54) is 6.20 Å². The zero-order chi connectivity index (χ0) is 10.2. The minimum atomic E-state index is 0.317. The van der Waals surface area contributed by atoms with Crippen molar-refractivity contribution in [1.29, 1.82) is 5.26 Å². The number of nitriles is 1. The van der Waals surface area contributed by atoms with E-state index >= 15 is 0 Å². The van der Waals surface area contributed by atoms with Crippen LogP contribution in [0.15, 0.2) is 12.4 Å². The van der Waals surface area contributed by atoms with E-state index < -0.39 is 0 Å². The number of hydrogen-bond donors (Lipinski definition) is 1. The Labute approximate surface area is 83.0 Å². The van der Waals surface area contributed by atoms with Gasteiger partial charge in [0.05, 0.1) is 0 Å². The highest BCUT2D eigenvalue weighted by Gasteiger charge is 2.01. The van der Waals surface area contributed by atoms with Crippen LogP contribution in [0.5, 0.6) is 0 Å². The van der Waals surface area contributed by atoms with Crippen molar-refractivity contribution in [2.45, 2.75) is 13.3 Å². The Kier molecular flexibility index (Phi) is 3.97. The molecule has 1 N–H and O–H groups in total. The minimum absolute atomic E-state index is 0.317. The molecule has 14 heavy (non-hydrogen) atoms. The molecule has 0 bridgehead atoms. The van der Waals surface area contributed by atoms with Crippen LogP contribution >= 0.6 is 0 Å². The van der Waals surface area contributed by atoms with E-state index in [0.29, 0.717) is 18.1 Å². The summed E-state index contributed by atoms with van der Waals surface area (Å²) in [5.74, 6) is 6.23. The molecule has 0 aliphatic heterocycles. The molecule has 1 heterocycles. The maximum absolute atomic E-state index is 8.70. The predicted molar refractivity (Wildman–Crippen MR) is 53.3 cm³/mol. The van der Waals surface area contributed by atoms with Gasteiger partial charge in [0, 0.05) is 25.4 Å².